The second-order valence-electron chi connectivity index (χ2n) is 10.7. The molecule has 212 valence electrons. The minimum atomic E-state index is -0.303. The number of aryl methyl sites for hydroxylation is 1. The van der Waals surface area contributed by atoms with Crippen molar-refractivity contribution >= 4 is 34.7 Å². The molecule has 4 aromatic carbocycles. The molecular formula is C35H25ClN2O4S. The fraction of sp³-hybridized carbons (Fsp3) is 0.143. The van der Waals surface area contributed by atoms with Gasteiger partial charge in [0.25, 0.3) is 5.56 Å². The van der Waals surface area contributed by atoms with E-state index in [1.807, 2.05) is 83.4 Å². The third kappa shape index (κ3) is 4.65. The van der Waals surface area contributed by atoms with Crippen LogP contribution in [0, 0.1) is 0 Å². The number of hydrogen-bond acceptors (Lipinski definition) is 6. The highest BCUT2D eigenvalue weighted by molar-refractivity contribution is 7.07. The molecule has 5 aromatic rings. The quantitative estimate of drug-likeness (QED) is 0.237. The van der Waals surface area contributed by atoms with Crippen molar-refractivity contribution in [2.45, 2.75) is 25.5 Å². The molecule has 1 atom stereocenters. The van der Waals surface area contributed by atoms with E-state index in [-0.39, 0.29) is 18.4 Å². The Bertz CT molecular complexity index is 2110. The van der Waals surface area contributed by atoms with Crippen molar-refractivity contribution in [3.8, 4) is 17.2 Å². The lowest BCUT2D eigenvalue weighted by atomic mass is 9.83. The van der Waals surface area contributed by atoms with E-state index in [0.29, 0.717) is 21.0 Å². The van der Waals surface area contributed by atoms with Crippen LogP contribution in [-0.4, -0.2) is 11.4 Å². The van der Waals surface area contributed by atoms with Crippen molar-refractivity contribution < 1.29 is 14.2 Å². The van der Waals surface area contributed by atoms with Crippen molar-refractivity contribution in [2.24, 2.45) is 4.99 Å². The van der Waals surface area contributed by atoms with Gasteiger partial charge in [0.1, 0.15) is 12.4 Å². The Balaban J connectivity index is 1.14. The number of aromatic nitrogens is 1. The molecule has 8 rings (SSSR count). The van der Waals surface area contributed by atoms with Gasteiger partial charge in [0.05, 0.1) is 16.3 Å². The molecule has 8 heteroatoms. The van der Waals surface area contributed by atoms with Crippen molar-refractivity contribution in [3.63, 3.8) is 0 Å². The van der Waals surface area contributed by atoms with E-state index < -0.39 is 0 Å². The Morgan fingerprint density at radius 2 is 1.77 bits per heavy atom. The normalized spacial score (nSPS) is 16.8. The first-order chi connectivity index (χ1) is 21.1. The molecule has 3 heterocycles. The predicted octanol–water partition coefficient (Wildman–Crippen LogP) is 6.28. The van der Waals surface area contributed by atoms with Crippen LogP contribution in [0.2, 0.25) is 5.02 Å². The number of rotatable bonds is 5. The van der Waals surface area contributed by atoms with E-state index in [2.05, 4.69) is 18.2 Å². The average molecular weight is 605 g/mol. The van der Waals surface area contributed by atoms with Gasteiger partial charge in [-0.15, -0.1) is 0 Å². The molecular weight excluding hydrogens is 580 g/mol. The zero-order chi connectivity index (χ0) is 28.9. The van der Waals surface area contributed by atoms with E-state index in [4.69, 9.17) is 30.8 Å². The van der Waals surface area contributed by atoms with Crippen LogP contribution in [0.1, 0.15) is 40.3 Å². The van der Waals surface area contributed by atoms with Crippen molar-refractivity contribution in [3.05, 3.63) is 149 Å². The van der Waals surface area contributed by atoms with Gasteiger partial charge in [0.2, 0.25) is 6.79 Å². The molecule has 0 unspecified atom stereocenters. The van der Waals surface area contributed by atoms with Gasteiger partial charge in [0, 0.05) is 10.6 Å². The molecule has 0 spiro atoms. The minimum absolute atomic E-state index is 0.0674. The monoisotopic (exact) mass is 604 g/mol. The fourth-order valence-electron chi connectivity index (χ4n) is 6.00. The summed E-state index contributed by atoms with van der Waals surface area (Å²) in [5.74, 6) is 2.22. The highest BCUT2D eigenvalue weighted by Gasteiger charge is 2.33. The van der Waals surface area contributed by atoms with Gasteiger partial charge in [-0.1, -0.05) is 83.6 Å². The first kappa shape index (κ1) is 26.1. The number of thiazole rings is 1. The lowest BCUT2D eigenvalue weighted by molar-refractivity contribution is 0.174. The maximum absolute atomic E-state index is 14.0. The summed E-state index contributed by atoms with van der Waals surface area (Å²) in [5, 5.41) is 0.644. The molecule has 0 bridgehead atoms. The van der Waals surface area contributed by atoms with Gasteiger partial charge in [-0.25, -0.2) is 4.99 Å². The molecule has 3 aliphatic rings. The van der Waals surface area contributed by atoms with Gasteiger partial charge in [-0.05, 0) is 77.1 Å². The molecule has 43 heavy (non-hydrogen) atoms. The summed E-state index contributed by atoms with van der Waals surface area (Å²) in [6, 6.07) is 29.4. The van der Waals surface area contributed by atoms with Gasteiger partial charge in [-0.3, -0.25) is 9.36 Å². The van der Waals surface area contributed by atoms with Crippen LogP contribution in [0.15, 0.2) is 106 Å². The van der Waals surface area contributed by atoms with Crippen LogP contribution < -0.4 is 29.1 Å². The largest absolute Gasteiger partial charge is 0.489 e. The highest BCUT2D eigenvalue weighted by Crippen LogP contribution is 2.42. The second kappa shape index (κ2) is 10.6. The van der Waals surface area contributed by atoms with Crippen LogP contribution in [0.4, 0.5) is 0 Å². The Hall–Kier alpha value is -4.59. The average Bonchev–Trinajstić information content (AvgIpc) is 3.63. The van der Waals surface area contributed by atoms with E-state index in [9.17, 15) is 4.79 Å². The summed E-state index contributed by atoms with van der Waals surface area (Å²) >= 11 is 8.16. The van der Waals surface area contributed by atoms with E-state index >= 15 is 0 Å². The maximum atomic E-state index is 14.0. The summed E-state index contributed by atoms with van der Waals surface area (Å²) in [6.07, 6.45) is 3.65. The van der Waals surface area contributed by atoms with E-state index in [1.165, 1.54) is 16.9 Å². The molecule has 1 aliphatic carbocycles. The van der Waals surface area contributed by atoms with Crippen LogP contribution in [0.5, 0.6) is 17.2 Å². The first-order valence-electron chi connectivity index (χ1n) is 14.1. The maximum Gasteiger partial charge on any atom is 0.271 e. The van der Waals surface area contributed by atoms with Crippen molar-refractivity contribution in [1.82, 2.24) is 4.57 Å². The van der Waals surface area contributed by atoms with Gasteiger partial charge < -0.3 is 14.2 Å². The summed E-state index contributed by atoms with van der Waals surface area (Å²) in [6.45, 7) is 0.653. The van der Waals surface area contributed by atoms with E-state index in [0.717, 1.165) is 63.6 Å². The Morgan fingerprint density at radius 1 is 0.953 bits per heavy atom. The summed E-state index contributed by atoms with van der Waals surface area (Å²) in [7, 11) is 0. The number of hydrogen-bond donors (Lipinski definition) is 0. The fourth-order valence-corrected chi connectivity index (χ4v) is 7.24. The number of allylic oxidation sites excluding steroid dienone is 1. The zero-order valence-corrected chi connectivity index (χ0v) is 24.5. The van der Waals surface area contributed by atoms with Crippen molar-refractivity contribution in [2.75, 3.05) is 6.79 Å². The SMILES string of the molecule is O=c1/c(=C\c2ccc(OCc3ccc4c(c3)OCO4)cc2)sc2n1[C@@H](c1ccccc1Cl)C1=C(N=2)c2ccccc2CC1. The van der Waals surface area contributed by atoms with E-state index in [1.54, 1.807) is 0 Å². The van der Waals surface area contributed by atoms with Gasteiger partial charge in [0.15, 0.2) is 16.3 Å². The number of benzene rings is 4. The molecule has 0 amide bonds. The molecule has 1 aromatic heterocycles. The zero-order valence-electron chi connectivity index (χ0n) is 23.0. The number of nitrogens with zero attached hydrogens (tertiary/aromatic N) is 2. The Labute approximate surface area is 256 Å². The molecule has 6 nitrogen and oxygen atoms in total. The Kier molecular flexibility index (Phi) is 6.42. The molecule has 0 saturated carbocycles. The van der Waals surface area contributed by atoms with Crippen LogP contribution >= 0.6 is 22.9 Å². The number of ether oxygens (including phenoxy) is 3. The topological polar surface area (TPSA) is 62.1 Å². The third-order valence-corrected chi connectivity index (χ3v) is 9.42. The van der Waals surface area contributed by atoms with Crippen LogP contribution in [-0.2, 0) is 13.0 Å². The molecule has 0 N–H and O–H groups in total. The lowest BCUT2D eigenvalue weighted by Crippen LogP contribution is -2.38. The summed E-state index contributed by atoms with van der Waals surface area (Å²) < 4.78 is 19.3. The van der Waals surface area contributed by atoms with Crippen LogP contribution in [0.3, 0.4) is 0 Å². The van der Waals surface area contributed by atoms with Crippen molar-refractivity contribution in [1.29, 1.82) is 0 Å². The number of halogens is 1. The first-order valence-corrected chi connectivity index (χ1v) is 15.3. The lowest BCUT2D eigenvalue weighted by Gasteiger charge is -2.31. The van der Waals surface area contributed by atoms with Gasteiger partial charge >= 0.3 is 0 Å². The second-order valence-corrected chi connectivity index (χ2v) is 12.1. The molecule has 2 aliphatic heterocycles. The molecule has 0 radical (unpaired) electrons. The predicted molar refractivity (Wildman–Crippen MR) is 168 cm³/mol. The Morgan fingerprint density at radius 3 is 2.65 bits per heavy atom. The summed E-state index contributed by atoms with van der Waals surface area (Å²) in [5.41, 5.74) is 7.26. The molecule has 0 fully saturated rings. The van der Waals surface area contributed by atoms with Crippen LogP contribution in [0.25, 0.3) is 11.8 Å². The smallest absolute Gasteiger partial charge is 0.271 e. The number of fused-ring (bicyclic) bond motifs is 4. The highest BCUT2D eigenvalue weighted by atomic mass is 35.5. The van der Waals surface area contributed by atoms with Gasteiger partial charge in [-0.2, -0.15) is 0 Å². The molecule has 0 saturated heterocycles. The standard InChI is InChI=1S/C35H25ClN2O4S/c36-28-8-4-3-7-26(28)33-27-15-12-23-5-1-2-6-25(23)32(27)37-35-38(33)34(39)31(43-35)18-21-9-13-24(14-10-21)40-19-22-11-16-29-30(17-22)42-20-41-29/h1-11,13-14,16-18,33H,12,15,19-20H2/b31-18+/t33-/m0/s1. The minimum Gasteiger partial charge on any atom is -0.489 e. The summed E-state index contributed by atoms with van der Waals surface area (Å²) in [4.78, 5) is 19.8. The third-order valence-electron chi connectivity index (χ3n) is 8.09.